The fourth-order valence-electron chi connectivity index (χ4n) is 3.89. The number of hydrogen-bond acceptors (Lipinski definition) is 4. The lowest BCUT2D eigenvalue weighted by atomic mass is 9.62. The number of ether oxygens (including phenoxy) is 1. The van der Waals surface area contributed by atoms with Crippen molar-refractivity contribution in [2.24, 2.45) is 0 Å². The molecule has 154 valence electrons. The highest BCUT2D eigenvalue weighted by Crippen LogP contribution is 2.44. The minimum atomic E-state index is -0.511. The summed E-state index contributed by atoms with van der Waals surface area (Å²) >= 11 is 0. The summed E-state index contributed by atoms with van der Waals surface area (Å²) in [6, 6.07) is 18.0. The SMILES string of the molecule is COc1ccc(CNc2ccc(C3(C(=O)Cc4ccc(F)cc4)CCC3)nc2)cc1. The first-order valence-corrected chi connectivity index (χ1v) is 10.2. The molecule has 0 amide bonds. The van der Waals surface area contributed by atoms with Crippen molar-refractivity contribution in [1.29, 1.82) is 0 Å². The first kappa shape index (κ1) is 20.1. The lowest BCUT2D eigenvalue weighted by molar-refractivity contribution is -0.127. The van der Waals surface area contributed by atoms with Crippen LogP contribution in [-0.2, 0) is 23.2 Å². The maximum absolute atomic E-state index is 13.1. The van der Waals surface area contributed by atoms with Gasteiger partial charge in [0.15, 0.2) is 0 Å². The highest BCUT2D eigenvalue weighted by atomic mass is 19.1. The average molecular weight is 404 g/mol. The molecule has 0 saturated heterocycles. The summed E-state index contributed by atoms with van der Waals surface area (Å²) in [6.45, 7) is 0.680. The van der Waals surface area contributed by atoms with Crippen molar-refractivity contribution in [3.8, 4) is 5.75 Å². The van der Waals surface area contributed by atoms with Crippen molar-refractivity contribution < 1.29 is 13.9 Å². The van der Waals surface area contributed by atoms with E-state index in [9.17, 15) is 9.18 Å². The minimum Gasteiger partial charge on any atom is -0.497 e. The summed E-state index contributed by atoms with van der Waals surface area (Å²) in [6.07, 6.45) is 4.76. The summed E-state index contributed by atoms with van der Waals surface area (Å²) in [4.78, 5) is 17.7. The minimum absolute atomic E-state index is 0.159. The Balaban J connectivity index is 1.42. The predicted molar refractivity (Wildman–Crippen MR) is 115 cm³/mol. The molecule has 1 fully saturated rings. The molecule has 1 aromatic heterocycles. The third-order valence-electron chi connectivity index (χ3n) is 5.93. The Morgan fingerprint density at radius 1 is 1.03 bits per heavy atom. The van der Waals surface area contributed by atoms with Gasteiger partial charge < -0.3 is 10.1 Å². The van der Waals surface area contributed by atoms with Crippen LogP contribution in [0.15, 0.2) is 66.9 Å². The fraction of sp³-hybridized carbons (Fsp3) is 0.280. The Labute approximate surface area is 176 Å². The summed E-state index contributed by atoms with van der Waals surface area (Å²) in [5.41, 5.74) is 3.21. The molecular weight excluding hydrogens is 379 g/mol. The van der Waals surface area contributed by atoms with E-state index in [2.05, 4.69) is 10.3 Å². The van der Waals surface area contributed by atoms with Crippen LogP contribution in [0.25, 0.3) is 0 Å². The topological polar surface area (TPSA) is 51.2 Å². The summed E-state index contributed by atoms with van der Waals surface area (Å²) in [7, 11) is 1.65. The molecule has 2 aromatic carbocycles. The van der Waals surface area contributed by atoms with E-state index < -0.39 is 5.41 Å². The van der Waals surface area contributed by atoms with Gasteiger partial charge in [0.25, 0.3) is 0 Å². The first-order chi connectivity index (χ1) is 14.6. The second-order valence-electron chi connectivity index (χ2n) is 7.80. The number of ketones is 1. The third kappa shape index (κ3) is 4.20. The number of halogens is 1. The van der Waals surface area contributed by atoms with Crippen molar-refractivity contribution in [2.45, 2.75) is 37.6 Å². The van der Waals surface area contributed by atoms with Crippen LogP contribution in [0.1, 0.15) is 36.1 Å². The van der Waals surface area contributed by atoms with Crippen LogP contribution < -0.4 is 10.1 Å². The predicted octanol–water partition coefficient (Wildman–Crippen LogP) is 5.07. The van der Waals surface area contributed by atoms with Crippen molar-refractivity contribution in [1.82, 2.24) is 4.98 Å². The Morgan fingerprint density at radius 3 is 2.30 bits per heavy atom. The highest BCUT2D eigenvalue weighted by molar-refractivity contribution is 5.92. The van der Waals surface area contributed by atoms with Gasteiger partial charge in [0.1, 0.15) is 17.3 Å². The summed E-state index contributed by atoms with van der Waals surface area (Å²) in [5, 5.41) is 3.36. The summed E-state index contributed by atoms with van der Waals surface area (Å²) < 4.78 is 18.3. The van der Waals surface area contributed by atoms with Gasteiger partial charge in [-0.2, -0.15) is 0 Å². The van der Waals surface area contributed by atoms with Gasteiger partial charge >= 0.3 is 0 Å². The van der Waals surface area contributed by atoms with Gasteiger partial charge in [-0.1, -0.05) is 30.7 Å². The zero-order valence-corrected chi connectivity index (χ0v) is 17.0. The molecule has 0 bridgehead atoms. The van der Waals surface area contributed by atoms with E-state index >= 15 is 0 Å². The smallest absolute Gasteiger partial charge is 0.149 e. The van der Waals surface area contributed by atoms with Gasteiger partial charge in [0, 0.05) is 13.0 Å². The number of methoxy groups -OCH3 is 1. The van der Waals surface area contributed by atoms with Crippen molar-refractivity contribution in [3.05, 3.63) is 89.5 Å². The van der Waals surface area contributed by atoms with Crippen LogP contribution >= 0.6 is 0 Å². The second-order valence-corrected chi connectivity index (χ2v) is 7.80. The van der Waals surface area contributed by atoms with E-state index in [1.165, 1.54) is 12.1 Å². The molecular formula is C25H25FN2O2. The van der Waals surface area contributed by atoms with E-state index in [1.807, 2.05) is 36.4 Å². The van der Waals surface area contributed by atoms with Gasteiger partial charge in [0.05, 0.1) is 30.1 Å². The molecule has 0 radical (unpaired) electrons. The number of anilines is 1. The van der Waals surface area contributed by atoms with Crippen LogP contribution in [0.3, 0.4) is 0 Å². The number of rotatable bonds is 8. The highest BCUT2D eigenvalue weighted by Gasteiger charge is 2.46. The number of nitrogens with one attached hydrogen (secondary N) is 1. The number of hydrogen-bond donors (Lipinski definition) is 1. The number of pyridine rings is 1. The molecule has 3 aromatic rings. The molecule has 1 heterocycles. The van der Waals surface area contributed by atoms with E-state index in [0.717, 1.165) is 47.5 Å². The Hall–Kier alpha value is -3.21. The quantitative estimate of drug-likeness (QED) is 0.569. The molecule has 4 nitrogen and oxygen atoms in total. The molecule has 1 N–H and O–H groups in total. The molecule has 0 aliphatic heterocycles. The zero-order chi connectivity index (χ0) is 21.0. The van der Waals surface area contributed by atoms with E-state index in [1.54, 1.807) is 25.4 Å². The van der Waals surface area contributed by atoms with Crippen molar-refractivity contribution in [2.75, 3.05) is 12.4 Å². The Kier molecular flexibility index (Phi) is 5.79. The normalized spacial score (nSPS) is 14.6. The molecule has 5 heteroatoms. The molecule has 0 atom stereocenters. The Bertz CT molecular complexity index is 995. The largest absolute Gasteiger partial charge is 0.497 e. The standard InChI is InChI=1S/C25H25FN2O2/c1-30-22-10-5-19(6-11-22)16-27-21-9-12-23(28-17-21)25(13-2-14-25)24(29)15-18-3-7-20(26)8-4-18/h3-12,17,27H,2,13-16H2,1H3. The second kappa shape index (κ2) is 8.66. The molecule has 1 saturated carbocycles. The van der Waals surface area contributed by atoms with E-state index in [4.69, 9.17) is 4.74 Å². The van der Waals surface area contributed by atoms with Crippen LogP contribution in [0.5, 0.6) is 5.75 Å². The van der Waals surface area contributed by atoms with Crippen LogP contribution in [-0.4, -0.2) is 17.9 Å². The van der Waals surface area contributed by atoms with Gasteiger partial charge in [-0.3, -0.25) is 9.78 Å². The molecule has 4 rings (SSSR count). The summed E-state index contributed by atoms with van der Waals surface area (Å²) in [5.74, 6) is 0.705. The fourth-order valence-corrected chi connectivity index (χ4v) is 3.89. The molecule has 30 heavy (non-hydrogen) atoms. The van der Waals surface area contributed by atoms with Gasteiger partial charge in [-0.15, -0.1) is 0 Å². The van der Waals surface area contributed by atoms with E-state index in [-0.39, 0.29) is 11.6 Å². The maximum atomic E-state index is 13.1. The molecule has 1 aliphatic rings. The average Bonchev–Trinajstić information content (AvgIpc) is 2.74. The van der Waals surface area contributed by atoms with Crippen LogP contribution in [0.4, 0.5) is 10.1 Å². The maximum Gasteiger partial charge on any atom is 0.149 e. The monoisotopic (exact) mass is 404 g/mol. The molecule has 1 aliphatic carbocycles. The van der Waals surface area contributed by atoms with Crippen LogP contribution in [0, 0.1) is 5.82 Å². The number of carbonyl (C=O) groups excluding carboxylic acids is 1. The van der Waals surface area contributed by atoms with Crippen LogP contribution in [0.2, 0.25) is 0 Å². The van der Waals surface area contributed by atoms with Gasteiger partial charge in [0.2, 0.25) is 0 Å². The molecule has 0 unspecified atom stereocenters. The van der Waals surface area contributed by atoms with Crippen molar-refractivity contribution >= 4 is 11.5 Å². The van der Waals surface area contributed by atoms with E-state index in [0.29, 0.717) is 13.0 Å². The lowest BCUT2D eigenvalue weighted by Gasteiger charge is -2.40. The molecule has 0 spiro atoms. The number of nitrogens with zero attached hydrogens (tertiary/aromatic N) is 1. The van der Waals surface area contributed by atoms with Gasteiger partial charge in [-0.25, -0.2) is 4.39 Å². The third-order valence-corrected chi connectivity index (χ3v) is 5.93. The van der Waals surface area contributed by atoms with Crippen molar-refractivity contribution in [3.63, 3.8) is 0 Å². The number of benzene rings is 2. The van der Waals surface area contributed by atoms with Gasteiger partial charge in [-0.05, 0) is 60.4 Å². The Morgan fingerprint density at radius 2 is 1.73 bits per heavy atom. The lowest BCUT2D eigenvalue weighted by Crippen LogP contribution is -2.44. The first-order valence-electron chi connectivity index (χ1n) is 10.2. The number of aromatic nitrogens is 1. The number of carbonyl (C=O) groups is 1. The number of Topliss-reactive ketones (excluding diaryl/α,β-unsaturated/α-hetero) is 1. The zero-order valence-electron chi connectivity index (χ0n) is 17.0.